The summed E-state index contributed by atoms with van der Waals surface area (Å²) in [6, 6.07) is 6.18. The molecule has 2 aromatic rings. The van der Waals surface area contributed by atoms with Crippen LogP contribution in [0.1, 0.15) is 13.3 Å². The first-order chi connectivity index (χ1) is 10.4. The highest BCUT2D eigenvalue weighted by molar-refractivity contribution is 7.91. The summed E-state index contributed by atoms with van der Waals surface area (Å²) < 4.78 is 23.0. The fourth-order valence-corrected chi connectivity index (χ4v) is 2.79. The van der Waals surface area contributed by atoms with Crippen LogP contribution in [0.15, 0.2) is 30.5 Å². The third kappa shape index (κ3) is 4.14. The topological polar surface area (TPSA) is 109 Å². The third-order valence-electron chi connectivity index (χ3n) is 3.23. The number of hydrogen-bond donors (Lipinski definition) is 2. The Morgan fingerprint density at radius 3 is 2.64 bits per heavy atom. The zero-order valence-corrected chi connectivity index (χ0v) is 12.9. The molecule has 1 atom stereocenters. The van der Waals surface area contributed by atoms with Gasteiger partial charge in [0.05, 0.1) is 23.0 Å². The lowest BCUT2D eigenvalue weighted by Gasteiger charge is -2.15. The number of aromatic nitrogens is 2. The standard InChI is InChI=1S/C14H17N3O4S/c1-2-22(20,21)8-7-12(14(18)19)17-13-9-15-10-5-3-4-6-11(10)16-13/h3-6,9,12H,2,7-8H2,1H3,(H,16,17)(H,18,19). The molecule has 1 unspecified atom stereocenters. The van der Waals surface area contributed by atoms with Crippen LogP contribution < -0.4 is 5.32 Å². The maximum absolute atomic E-state index is 11.5. The molecule has 1 aromatic heterocycles. The molecule has 0 saturated heterocycles. The van der Waals surface area contributed by atoms with Crippen molar-refractivity contribution in [2.24, 2.45) is 0 Å². The molecule has 0 aliphatic carbocycles. The summed E-state index contributed by atoms with van der Waals surface area (Å²) in [5.74, 6) is -1.01. The van der Waals surface area contributed by atoms with Crippen LogP contribution in [0.4, 0.5) is 5.82 Å². The van der Waals surface area contributed by atoms with Gasteiger partial charge in [-0.2, -0.15) is 0 Å². The second-order valence-corrected chi connectivity index (χ2v) is 7.28. The quantitative estimate of drug-likeness (QED) is 0.790. The molecule has 22 heavy (non-hydrogen) atoms. The lowest BCUT2D eigenvalue weighted by atomic mass is 10.2. The Labute approximate surface area is 128 Å². The number of benzene rings is 1. The Hall–Kier alpha value is -2.22. The molecule has 0 spiro atoms. The second kappa shape index (κ2) is 6.69. The van der Waals surface area contributed by atoms with Gasteiger partial charge < -0.3 is 10.4 Å². The number of hydrogen-bond acceptors (Lipinski definition) is 6. The lowest BCUT2D eigenvalue weighted by molar-refractivity contribution is -0.137. The predicted molar refractivity (Wildman–Crippen MR) is 83.5 cm³/mol. The Kier molecular flexibility index (Phi) is 4.92. The molecule has 2 N–H and O–H groups in total. The van der Waals surface area contributed by atoms with Gasteiger partial charge in [0.25, 0.3) is 0 Å². The minimum absolute atomic E-state index is 0.00484. The predicted octanol–water partition coefficient (Wildman–Crippen LogP) is 1.32. The molecule has 8 heteroatoms. The van der Waals surface area contributed by atoms with Crippen LogP contribution in [-0.2, 0) is 14.6 Å². The summed E-state index contributed by atoms with van der Waals surface area (Å²) in [5.41, 5.74) is 1.34. The van der Waals surface area contributed by atoms with Crippen LogP contribution in [0.2, 0.25) is 0 Å². The van der Waals surface area contributed by atoms with Gasteiger partial charge >= 0.3 is 5.97 Å². The van der Waals surface area contributed by atoms with E-state index in [2.05, 4.69) is 15.3 Å². The van der Waals surface area contributed by atoms with Gasteiger partial charge in [-0.05, 0) is 18.6 Å². The summed E-state index contributed by atoms with van der Waals surface area (Å²) in [6.45, 7) is 1.54. The van der Waals surface area contributed by atoms with Gasteiger partial charge in [0, 0.05) is 5.75 Å². The highest BCUT2D eigenvalue weighted by Crippen LogP contribution is 2.13. The molecule has 0 saturated carbocycles. The maximum Gasteiger partial charge on any atom is 0.326 e. The molecule has 0 amide bonds. The molecule has 0 radical (unpaired) electrons. The molecule has 1 heterocycles. The minimum Gasteiger partial charge on any atom is -0.480 e. The van der Waals surface area contributed by atoms with E-state index in [1.165, 1.54) is 13.1 Å². The number of sulfone groups is 1. The summed E-state index contributed by atoms with van der Waals surface area (Å²) in [4.78, 5) is 19.7. The van der Waals surface area contributed by atoms with Crippen molar-refractivity contribution in [1.29, 1.82) is 0 Å². The zero-order valence-electron chi connectivity index (χ0n) is 12.1. The van der Waals surface area contributed by atoms with Crippen molar-refractivity contribution in [2.75, 3.05) is 16.8 Å². The fourth-order valence-electron chi connectivity index (χ4n) is 1.90. The first-order valence-corrected chi connectivity index (χ1v) is 8.65. The van der Waals surface area contributed by atoms with Gasteiger partial charge in [0.15, 0.2) is 0 Å². The Bertz CT molecular complexity index is 777. The number of rotatable bonds is 7. The molecule has 7 nitrogen and oxygen atoms in total. The summed E-state index contributed by atoms with van der Waals surface area (Å²) in [5, 5.41) is 11.9. The van der Waals surface area contributed by atoms with E-state index < -0.39 is 21.8 Å². The summed E-state index contributed by atoms with van der Waals surface area (Å²) in [7, 11) is -3.21. The molecule has 0 aliphatic rings. The highest BCUT2D eigenvalue weighted by Gasteiger charge is 2.21. The van der Waals surface area contributed by atoms with Crippen molar-refractivity contribution < 1.29 is 18.3 Å². The van der Waals surface area contributed by atoms with Gasteiger partial charge in [-0.25, -0.2) is 18.2 Å². The average Bonchev–Trinajstić information content (AvgIpc) is 2.51. The van der Waals surface area contributed by atoms with Crippen LogP contribution in [-0.4, -0.2) is 47.0 Å². The second-order valence-electron chi connectivity index (χ2n) is 4.80. The highest BCUT2D eigenvalue weighted by atomic mass is 32.2. The number of aliphatic carboxylic acids is 1. The maximum atomic E-state index is 11.5. The van der Waals surface area contributed by atoms with E-state index in [9.17, 15) is 18.3 Å². The average molecular weight is 323 g/mol. The van der Waals surface area contributed by atoms with Crippen molar-refractivity contribution >= 4 is 32.7 Å². The van der Waals surface area contributed by atoms with Crippen molar-refractivity contribution in [3.63, 3.8) is 0 Å². The molecule has 0 bridgehead atoms. The Morgan fingerprint density at radius 2 is 2.00 bits per heavy atom. The van der Waals surface area contributed by atoms with Crippen molar-refractivity contribution in [1.82, 2.24) is 9.97 Å². The molecule has 0 aliphatic heterocycles. The number of carboxylic acids is 1. The van der Waals surface area contributed by atoms with Gasteiger partial charge in [-0.3, -0.25) is 4.98 Å². The van der Waals surface area contributed by atoms with E-state index in [4.69, 9.17) is 0 Å². The fraction of sp³-hybridized carbons (Fsp3) is 0.357. The summed E-state index contributed by atoms with van der Waals surface area (Å²) >= 11 is 0. The molecule has 118 valence electrons. The normalized spacial score (nSPS) is 13.0. The number of nitrogens with zero attached hydrogens (tertiary/aromatic N) is 2. The molecular formula is C14H17N3O4S. The van der Waals surface area contributed by atoms with E-state index >= 15 is 0 Å². The number of carbonyl (C=O) groups is 1. The zero-order chi connectivity index (χ0) is 16.2. The van der Waals surface area contributed by atoms with Crippen LogP contribution >= 0.6 is 0 Å². The number of carboxylic acid groups (broad SMARTS) is 1. The van der Waals surface area contributed by atoms with Crippen molar-refractivity contribution in [3.8, 4) is 0 Å². The molecule has 2 rings (SSSR count). The van der Waals surface area contributed by atoms with Crippen LogP contribution in [0.3, 0.4) is 0 Å². The van der Waals surface area contributed by atoms with E-state index in [1.807, 2.05) is 12.1 Å². The SMILES string of the molecule is CCS(=O)(=O)CCC(Nc1cnc2ccccc2n1)C(=O)O. The van der Waals surface area contributed by atoms with Crippen molar-refractivity contribution in [3.05, 3.63) is 30.5 Å². The molecule has 1 aromatic carbocycles. The molecular weight excluding hydrogens is 306 g/mol. The number of fused-ring (bicyclic) bond motifs is 1. The first kappa shape index (κ1) is 16.2. The smallest absolute Gasteiger partial charge is 0.326 e. The largest absolute Gasteiger partial charge is 0.480 e. The Morgan fingerprint density at radius 1 is 1.32 bits per heavy atom. The monoisotopic (exact) mass is 323 g/mol. The lowest BCUT2D eigenvalue weighted by Crippen LogP contribution is -2.32. The van der Waals surface area contributed by atoms with Gasteiger partial charge in [-0.1, -0.05) is 19.1 Å². The van der Waals surface area contributed by atoms with E-state index in [1.54, 1.807) is 12.1 Å². The third-order valence-corrected chi connectivity index (χ3v) is 4.96. The van der Waals surface area contributed by atoms with Crippen LogP contribution in [0.5, 0.6) is 0 Å². The summed E-state index contributed by atoms with van der Waals surface area (Å²) in [6.07, 6.45) is 1.41. The van der Waals surface area contributed by atoms with Gasteiger partial charge in [-0.15, -0.1) is 0 Å². The van der Waals surface area contributed by atoms with E-state index in [0.29, 0.717) is 16.9 Å². The van der Waals surface area contributed by atoms with E-state index in [0.717, 1.165) is 0 Å². The van der Waals surface area contributed by atoms with E-state index in [-0.39, 0.29) is 17.9 Å². The van der Waals surface area contributed by atoms with Gasteiger partial charge in [0.2, 0.25) is 0 Å². The first-order valence-electron chi connectivity index (χ1n) is 6.83. The number of para-hydroxylation sites is 2. The Balaban J connectivity index is 2.14. The van der Waals surface area contributed by atoms with Gasteiger partial charge in [0.1, 0.15) is 21.7 Å². The molecule has 0 fully saturated rings. The number of nitrogens with one attached hydrogen (secondary N) is 1. The number of anilines is 1. The minimum atomic E-state index is -3.21. The van der Waals surface area contributed by atoms with Crippen LogP contribution in [0, 0.1) is 0 Å². The van der Waals surface area contributed by atoms with Crippen LogP contribution in [0.25, 0.3) is 11.0 Å². The van der Waals surface area contributed by atoms with Crippen molar-refractivity contribution in [2.45, 2.75) is 19.4 Å².